The number of ether oxygens (including phenoxy) is 1. The summed E-state index contributed by atoms with van der Waals surface area (Å²) in [5.41, 5.74) is 1.92. The Kier molecular flexibility index (Phi) is 8.18. The normalized spacial score (nSPS) is 14.1. The highest BCUT2D eigenvalue weighted by atomic mass is 32.1. The first-order chi connectivity index (χ1) is 15.0. The van der Waals surface area contributed by atoms with Crippen molar-refractivity contribution in [1.29, 1.82) is 0 Å². The molecule has 1 saturated carbocycles. The summed E-state index contributed by atoms with van der Waals surface area (Å²) < 4.78 is 5.12. The van der Waals surface area contributed by atoms with Crippen LogP contribution >= 0.6 is 12.2 Å². The summed E-state index contributed by atoms with van der Waals surface area (Å²) in [7, 11) is 1.60. The van der Waals surface area contributed by atoms with Crippen molar-refractivity contribution in [3.63, 3.8) is 0 Å². The number of amides is 2. The number of anilines is 1. The van der Waals surface area contributed by atoms with Crippen molar-refractivity contribution >= 4 is 40.9 Å². The Hall–Kier alpha value is -3.19. The largest absolute Gasteiger partial charge is 0.497 e. The van der Waals surface area contributed by atoms with Crippen molar-refractivity contribution in [2.24, 2.45) is 0 Å². The van der Waals surface area contributed by atoms with E-state index in [9.17, 15) is 9.59 Å². The molecule has 0 aromatic heterocycles. The third-order valence-electron chi connectivity index (χ3n) is 5.14. The topological polar surface area (TPSA) is 79.5 Å². The molecular formula is C24H27N3O3S. The molecule has 3 rings (SSSR count). The first kappa shape index (κ1) is 22.5. The highest BCUT2D eigenvalue weighted by Gasteiger charge is 2.18. The van der Waals surface area contributed by atoms with Crippen LogP contribution in [0.5, 0.6) is 5.75 Å². The Balaban J connectivity index is 1.56. The van der Waals surface area contributed by atoms with E-state index in [1.54, 1.807) is 31.4 Å². The lowest BCUT2D eigenvalue weighted by molar-refractivity contribution is -0.115. The maximum Gasteiger partial charge on any atom is 0.253 e. The van der Waals surface area contributed by atoms with E-state index in [0.29, 0.717) is 11.3 Å². The number of nitrogens with one attached hydrogen (secondary N) is 3. The molecule has 0 radical (unpaired) electrons. The lowest BCUT2D eigenvalue weighted by atomic mass is 9.95. The number of methoxy groups -OCH3 is 1. The van der Waals surface area contributed by atoms with Crippen LogP contribution in [0.2, 0.25) is 0 Å². The molecule has 0 spiro atoms. The predicted molar refractivity (Wildman–Crippen MR) is 127 cm³/mol. The molecule has 31 heavy (non-hydrogen) atoms. The van der Waals surface area contributed by atoms with Gasteiger partial charge in [-0.15, -0.1) is 0 Å². The maximum absolute atomic E-state index is 12.7. The van der Waals surface area contributed by atoms with Crippen LogP contribution in [0.4, 0.5) is 5.69 Å². The summed E-state index contributed by atoms with van der Waals surface area (Å²) >= 11 is 5.26. The summed E-state index contributed by atoms with van der Waals surface area (Å²) in [6.07, 6.45) is 8.62. The first-order valence-electron chi connectivity index (χ1n) is 10.4. The summed E-state index contributed by atoms with van der Waals surface area (Å²) in [6.45, 7) is 0. The Bertz CT molecular complexity index is 951. The van der Waals surface area contributed by atoms with Crippen LogP contribution in [-0.2, 0) is 4.79 Å². The zero-order chi connectivity index (χ0) is 22.1. The van der Waals surface area contributed by atoms with Gasteiger partial charge in [-0.25, -0.2) is 0 Å². The molecule has 0 aliphatic heterocycles. The van der Waals surface area contributed by atoms with Crippen LogP contribution in [0.25, 0.3) is 6.08 Å². The van der Waals surface area contributed by atoms with Crippen LogP contribution in [0.15, 0.2) is 54.6 Å². The zero-order valence-electron chi connectivity index (χ0n) is 17.5. The van der Waals surface area contributed by atoms with E-state index >= 15 is 0 Å². The molecule has 1 aliphatic rings. The molecule has 2 aromatic rings. The molecule has 0 atom stereocenters. The zero-order valence-corrected chi connectivity index (χ0v) is 18.3. The lowest BCUT2D eigenvalue weighted by Gasteiger charge is -2.23. The number of hydrogen-bond acceptors (Lipinski definition) is 4. The minimum Gasteiger partial charge on any atom is -0.497 e. The number of carbonyl (C=O) groups excluding carboxylic acids is 2. The lowest BCUT2D eigenvalue weighted by Crippen LogP contribution is -2.37. The summed E-state index contributed by atoms with van der Waals surface area (Å²) in [5.74, 6) is 0.249. The summed E-state index contributed by atoms with van der Waals surface area (Å²) in [4.78, 5) is 24.9. The van der Waals surface area contributed by atoms with Gasteiger partial charge in [-0.2, -0.15) is 0 Å². The minimum atomic E-state index is -0.363. The van der Waals surface area contributed by atoms with E-state index in [2.05, 4.69) is 16.0 Å². The SMILES string of the molecule is COc1ccc(C=CC(=O)NC(=S)Nc2ccccc2C(=O)NC2CCCCC2)cc1. The fraction of sp³-hybridized carbons (Fsp3) is 0.292. The van der Waals surface area contributed by atoms with E-state index < -0.39 is 0 Å². The molecule has 6 nitrogen and oxygen atoms in total. The van der Waals surface area contributed by atoms with Gasteiger partial charge in [0.2, 0.25) is 5.91 Å². The van der Waals surface area contributed by atoms with Crippen LogP contribution in [0.1, 0.15) is 48.0 Å². The maximum atomic E-state index is 12.7. The molecule has 3 N–H and O–H groups in total. The minimum absolute atomic E-state index is 0.127. The average Bonchev–Trinajstić information content (AvgIpc) is 2.79. The average molecular weight is 438 g/mol. The Morgan fingerprint density at radius 2 is 1.74 bits per heavy atom. The number of para-hydroxylation sites is 1. The van der Waals surface area contributed by atoms with E-state index in [4.69, 9.17) is 17.0 Å². The molecule has 162 valence electrons. The number of rotatable bonds is 6. The predicted octanol–water partition coefficient (Wildman–Crippen LogP) is 4.28. The van der Waals surface area contributed by atoms with Gasteiger partial charge in [0.05, 0.1) is 18.4 Å². The van der Waals surface area contributed by atoms with Crippen molar-refractivity contribution in [3.05, 3.63) is 65.7 Å². The van der Waals surface area contributed by atoms with E-state index in [1.165, 1.54) is 12.5 Å². The third-order valence-corrected chi connectivity index (χ3v) is 5.34. The summed E-state index contributed by atoms with van der Waals surface area (Å²) in [6, 6.07) is 14.7. The van der Waals surface area contributed by atoms with Gasteiger partial charge in [0.25, 0.3) is 5.91 Å². The van der Waals surface area contributed by atoms with Gasteiger partial charge in [-0.3, -0.25) is 14.9 Å². The van der Waals surface area contributed by atoms with Gasteiger partial charge in [0.15, 0.2) is 5.11 Å². The molecule has 1 fully saturated rings. The monoisotopic (exact) mass is 437 g/mol. The fourth-order valence-electron chi connectivity index (χ4n) is 3.49. The molecule has 0 bridgehead atoms. The van der Waals surface area contributed by atoms with Crippen molar-refractivity contribution in [1.82, 2.24) is 10.6 Å². The van der Waals surface area contributed by atoms with Gasteiger partial charge in [-0.05, 0) is 61.0 Å². The van der Waals surface area contributed by atoms with Gasteiger partial charge >= 0.3 is 0 Å². The van der Waals surface area contributed by atoms with Crippen molar-refractivity contribution in [2.75, 3.05) is 12.4 Å². The molecule has 2 amide bonds. The Labute approximate surface area is 188 Å². The fourth-order valence-corrected chi connectivity index (χ4v) is 3.70. The van der Waals surface area contributed by atoms with E-state index in [1.807, 2.05) is 30.3 Å². The molecule has 0 unspecified atom stereocenters. The van der Waals surface area contributed by atoms with Crippen LogP contribution < -0.4 is 20.7 Å². The highest BCUT2D eigenvalue weighted by molar-refractivity contribution is 7.80. The highest BCUT2D eigenvalue weighted by Crippen LogP contribution is 2.20. The van der Waals surface area contributed by atoms with Gasteiger partial charge < -0.3 is 15.4 Å². The Morgan fingerprint density at radius 1 is 1.03 bits per heavy atom. The number of benzene rings is 2. The number of hydrogen-bond donors (Lipinski definition) is 3. The third kappa shape index (κ3) is 6.93. The molecule has 2 aromatic carbocycles. The molecular weight excluding hydrogens is 410 g/mol. The molecule has 1 aliphatic carbocycles. The second kappa shape index (κ2) is 11.3. The van der Waals surface area contributed by atoms with Crippen LogP contribution in [0, 0.1) is 0 Å². The van der Waals surface area contributed by atoms with Gasteiger partial charge in [-0.1, -0.05) is 43.5 Å². The molecule has 0 saturated heterocycles. The van der Waals surface area contributed by atoms with Crippen LogP contribution in [-0.4, -0.2) is 30.1 Å². The summed E-state index contributed by atoms with van der Waals surface area (Å²) in [5, 5.41) is 8.80. The van der Waals surface area contributed by atoms with Crippen molar-refractivity contribution < 1.29 is 14.3 Å². The standard InChI is InChI=1S/C24H27N3O3S/c1-30-19-14-11-17(12-15-19)13-16-22(28)27-24(31)26-21-10-6-5-9-20(21)23(29)25-18-7-3-2-4-8-18/h5-6,9-16,18H,2-4,7-8H2,1H3,(H,25,29)(H2,26,27,28,31). The van der Waals surface area contributed by atoms with E-state index in [0.717, 1.165) is 37.0 Å². The molecule has 0 heterocycles. The smallest absolute Gasteiger partial charge is 0.253 e. The van der Waals surface area contributed by atoms with Crippen LogP contribution in [0.3, 0.4) is 0 Å². The Morgan fingerprint density at radius 3 is 2.45 bits per heavy atom. The second-order valence-electron chi connectivity index (χ2n) is 7.40. The number of carbonyl (C=O) groups is 2. The van der Waals surface area contributed by atoms with E-state index in [-0.39, 0.29) is 23.0 Å². The first-order valence-corrected chi connectivity index (χ1v) is 10.8. The second-order valence-corrected chi connectivity index (χ2v) is 7.81. The van der Waals surface area contributed by atoms with Gasteiger partial charge in [0, 0.05) is 12.1 Å². The van der Waals surface area contributed by atoms with Gasteiger partial charge in [0.1, 0.15) is 5.75 Å². The number of thiocarbonyl (C=S) groups is 1. The van der Waals surface area contributed by atoms with Crippen molar-refractivity contribution in [2.45, 2.75) is 38.1 Å². The molecule has 7 heteroatoms. The quantitative estimate of drug-likeness (QED) is 0.464. The van der Waals surface area contributed by atoms with Crippen molar-refractivity contribution in [3.8, 4) is 5.75 Å².